The highest BCUT2D eigenvalue weighted by molar-refractivity contribution is 6.30. The number of benzene rings is 3. The maximum Gasteiger partial charge on any atom is 0.339 e. The zero-order valence-electron chi connectivity index (χ0n) is 19.6. The van der Waals surface area contributed by atoms with Gasteiger partial charge in [-0.3, -0.25) is 9.78 Å². The summed E-state index contributed by atoms with van der Waals surface area (Å²) in [7, 11) is 0. The van der Waals surface area contributed by atoms with E-state index < -0.39 is 17.6 Å². The van der Waals surface area contributed by atoms with Gasteiger partial charge in [-0.2, -0.15) is 0 Å². The lowest BCUT2D eigenvalue weighted by Gasteiger charge is -2.25. The lowest BCUT2D eigenvalue weighted by Crippen LogP contribution is -2.20. The van der Waals surface area contributed by atoms with Gasteiger partial charge in [0.05, 0.1) is 11.9 Å². The maximum absolute atomic E-state index is 14.0. The van der Waals surface area contributed by atoms with Gasteiger partial charge in [0.25, 0.3) is 0 Å². The molecule has 186 valence electrons. The number of halogens is 2. The number of hydrogen-bond acceptors (Lipinski definition) is 5. The van der Waals surface area contributed by atoms with Crippen molar-refractivity contribution in [3.8, 4) is 11.5 Å². The standard InChI is InChI=1S/C29H22ClFN2O4/c30-20-8-10-21(11-9-20)33(17-18-5-6-18)22-12-13-25(32-16-22)28(34)19-7-14-26(23(15-19)29(35)36)37-27-4-2-1-3-24(27)31/h1-4,7-16,18H,5-6,17H2,(H,35,36). The number of hydrogen-bond donors (Lipinski definition) is 1. The number of anilines is 2. The Bertz CT molecular complexity index is 1450. The lowest BCUT2D eigenvalue weighted by molar-refractivity contribution is 0.0694. The normalized spacial score (nSPS) is 12.7. The van der Waals surface area contributed by atoms with Crippen LogP contribution in [0.5, 0.6) is 11.5 Å². The number of nitrogens with zero attached hydrogens (tertiary/aromatic N) is 2. The van der Waals surface area contributed by atoms with Crippen LogP contribution in [0.25, 0.3) is 0 Å². The molecule has 0 spiro atoms. The molecule has 0 unspecified atom stereocenters. The SMILES string of the molecule is O=C(c1ccc(Oc2ccccc2F)c(C(=O)O)c1)c1ccc(N(CC2CC2)c2ccc(Cl)cc2)cn1. The lowest BCUT2D eigenvalue weighted by atomic mass is 10.0. The van der Waals surface area contributed by atoms with Gasteiger partial charge in [-0.05, 0) is 85.5 Å². The fourth-order valence-electron chi connectivity index (χ4n) is 3.94. The smallest absolute Gasteiger partial charge is 0.339 e. The number of carboxylic acids is 1. The fraction of sp³-hybridized carbons (Fsp3) is 0.138. The van der Waals surface area contributed by atoms with Crippen molar-refractivity contribution in [3.63, 3.8) is 0 Å². The number of pyridine rings is 1. The summed E-state index contributed by atoms with van der Waals surface area (Å²) in [4.78, 5) is 31.5. The van der Waals surface area contributed by atoms with E-state index in [-0.39, 0.29) is 28.3 Å². The topological polar surface area (TPSA) is 79.7 Å². The maximum atomic E-state index is 14.0. The van der Waals surface area contributed by atoms with Crippen molar-refractivity contribution in [1.29, 1.82) is 0 Å². The molecule has 0 radical (unpaired) electrons. The average molecular weight is 517 g/mol. The van der Waals surface area contributed by atoms with E-state index in [1.54, 1.807) is 18.3 Å². The highest BCUT2D eigenvalue weighted by atomic mass is 35.5. The number of carbonyl (C=O) groups is 2. The molecule has 5 rings (SSSR count). The van der Waals surface area contributed by atoms with E-state index in [2.05, 4.69) is 9.88 Å². The monoisotopic (exact) mass is 516 g/mol. The summed E-state index contributed by atoms with van der Waals surface area (Å²) in [5, 5.41) is 10.3. The first-order valence-corrected chi connectivity index (χ1v) is 12.1. The quantitative estimate of drug-likeness (QED) is 0.238. The number of ether oxygens (including phenoxy) is 1. The van der Waals surface area contributed by atoms with Crippen LogP contribution in [-0.4, -0.2) is 28.4 Å². The Morgan fingerprint density at radius 2 is 1.70 bits per heavy atom. The molecule has 0 saturated heterocycles. The Morgan fingerprint density at radius 1 is 0.973 bits per heavy atom. The van der Waals surface area contributed by atoms with E-state index in [0.717, 1.165) is 17.9 Å². The summed E-state index contributed by atoms with van der Waals surface area (Å²) in [6.07, 6.45) is 3.99. The molecule has 1 aliphatic rings. The third-order valence-electron chi connectivity index (χ3n) is 6.10. The third-order valence-corrected chi connectivity index (χ3v) is 6.35. The van der Waals surface area contributed by atoms with Gasteiger partial charge in [-0.1, -0.05) is 23.7 Å². The Hall–Kier alpha value is -4.23. The number of aromatic carboxylic acids is 1. The zero-order chi connectivity index (χ0) is 25.9. The highest BCUT2D eigenvalue weighted by Gasteiger charge is 2.26. The second-order valence-corrected chi connectivity index (χ2v) is 9.25. The minimum Gasteiger partial charge on any atom is -0.478 e. The summed E-state index contributed by atoms with van der Waals surface area (Å²) in [5.74, 6) is -1.95. The molecule has 1 fully saturated rings. The van der Waals surface area contributed by atoms with Gasteiger partial charge >= 0.3 is 5.97 Å². The van der Waals surface area contributed by atoms with Gasteiger partial charge < -0.3 is 14.7 Å². The number of carbonyl (C=O) groups excluding carboxylic acids is 1. The molecule has 6 nitrogen and oxygen atoms in total. The van der Waals surface area contributed by atoms with Crippen LogP contribution in [0.4, 0.5) is 15.8 Å². The highest BCUT2D eigenvalue weighted by Crippen LogP contribution is 2.35. The molecule has 1 aliphatic carbocycles. The van der Waals surface area contributed by atoms with Crippen LogP contribution in [0.15, 0.2) is 85.1 Å². The minimum atomic E-state index is -1.30. The van der Waals surface area contributed by atoms with Gasteiger partial charge in [0.15, 0.2) is 11.6 Å². The van der Waals surface area contributed by atoms with Crippen molar-refractivity contribution in [1.82, 2.24) is 4.98 Å². The molecule has 1 N–H and O–H groups in total. The van der Waals surface area contributed by atoms with Crippen molar-refractivity contribution >= 4 is 34.7 Å². The molecular weight excluding hydrogens is 495 g/mol. The Balaban J connectivity index is 1.39. The number of ketones is 1. The first kappa shape index (κ1) is 24.5. The molecule has 1 saturated carbocycles. The number of para-hydroxylation sites is 1. The van der Waals surface area contributed by atoms with Crippen LogP contribution in [0, 0.1) is 11.7 Å². The largest absolute Gasteiger partial charge is 0.478 e. The molecule has 1 heterocycles. The van der Waals surface area contributed by atoms with E-state index in [0.29, 0.717) is 10.9 Å². The van der Waals surface area contributed by atoms with Crippen molar-refractivity contribution in [3.05, 3.63) is 113 Å². The van der Waals surface area contributed by atoms with E-state index in [1.165, 1.54) is 49.2 Å². The van der Waals surface area contributed by atoms with Crippen molar-refractivity contribution in [2.75, 3.05) is 11.4 Å². The van der Waals surface area contributed by atoms with E-state index in [1.807, 2.05) is 30.3 Å². The molecule has 0 bridgehead atoms. The molecule has 1 aromatic heterocycles. The number of carboxylic acid groups (broad SMARTS) is 1. The molecule has 4 aromatic rings. The molecule has 3 aromatic carbocycles. The zero-order valence-corrected chi connectivity index (χ0v) is 20.4. The molecule has 0 atom stereocenters. The van der Waals surface area contributed by atoms with Crippen LogP contribution < -0.4 is 9.64 Å². The molecule has 0 aliphatic heterocycles. The number of rotatable bonds is 9. The van der Waals surface area contributed by atoms with E-state index >= 15 is 0 Å². The van der Waals surface area contributed by atoms with Crippen LogP contribution in [0.3, 0.4) is 0 Å². The summed E-state index contributed by atoms with van der Waals surface area (Å²) < 4.78 is 19.5. The summed E-state index contributed by atoms with van der Waals surface area (Å²) >= 11 is 6.05. The summed E-state index contributed by atoms with van der Waals surface area (Å²) in [5.41, 5.74) is 1.86. The third kappa shape index (κ3) is 5.62. The first-order valence-electron chi connectivity index (χ1n) is 11.7. The van der Waals surface area contributed by atoms with Crippen molar-refractivity contribution < 1.29 is 23.8 Å². The summed E-state index contributed by atoms with van der Waals surface area (Å²) in [6, 6.07) is 20.7. The fourth-order valence-corrected chi connectivity index (χ4v) is 4.07. The second-order valence-electron chi connectivity index (χ2n) is 8.81. The van der Waals surface area contributed by atoms with Crippen LogP contribution in [0.1, 0.15) is 39.3 Å². The first-order chi connectivity index (χ1) is 17.9. The predicted octanol–water partition coefficient (Wildman–Crippen LogP) is 7.14. The van der Waals surface area contributed by atoms with Crippen LogP contribution in [-0.2, 0) is 0 Å². The molecule has 37 heavy (non-hydrogen) atoms. The van der Waals surface area contributed by atoms with Crippen LogP contribution in [0.2, 0.25) is 5.02 Å². The van der Waals surface area contributed by atoms with Gasteiger partial charge in [0, 0.05) is 22.8 Å². The Labute approximate surface area is 217 Å². The predicted molar refractivity (Wildman–Crippen MR) is 139 cm³/mol. The van der Waals surface area contributed by atoms with Crippen molar-refractivity contribution in [2.24, 2.45) is 5.92 Å². The second kappa shape index (κ2) is 10.4. The van der Waals surface area contributed by atoms with E-state index in [4.69, 9.17) is 16.3 Å². The molecule has 8 heteroatoms. The van der Waals surface area contributed by atoms with Gasteiger partial charge in [0.1, 0.15) is 17.0 Å². The van der Waals surface area contributed by atoms with Gasteiger partial charge in [-0.25, -0.2) is 9.18 Å². The minimum absolute atomic E-state index is 0.0730. The van der Waals surface area contributed by atoms with E-state index in [9.17, 15) is 19.1 Å². The van der Waals surface area contributed by atoms with Gasteiger partial charge in [0.2, 0.25) is 5.78 Å². The average Bonchev–Trinajstić information content (AvgIpc) is 3.73. The number of aromatic nitrogens is 1. The molecular formula is C29H22ClFN2O4. The van der Waals surface area contributed by atoms with Crippen molar-refractivity contribution in [2.45, 2.75) is 12.8 Å². The van der Waals surface area contributed by atoms with Gasteiger partial charge in [-0.15, -0.1) is 0 Å². The summed E-state index contributed by atoms with van der Waals surface area (Å²) in [6.45, 7) is 0.835. The van der Waals surface area contributed by atoms with Crippen LogP contribution >= 0.6 is 11.6 Å². The Morgan fingerprint density at radius 3 is 2.35 bits per heavy atom. The Kier molecular flexibility index (Phi) is 6.88. The molecule has 0 amide bonds.